The van der Waals surface area contributed by atoms with Crippen molar-refractivity contribution in [2.45, 2.75) is 38.6 Å². The van der Waals surface area contributed by atoms with Gasteiger partial charge < -0.3 is 10.1 Å². The van der Waals surface area contributed by atoms with Crippen LogP contribution >= 0.6 is 0 Å². The van der Waals surface area contributed by atoms with Gasteiger partial charge in [-0.2, -0.15) is 0 Å². The monoisotopic (exact) mass is 354 g/mol. The highest BCUT2D eigenvalue weighted by Gasteiger charge is 2.27. The van der Waals surface area contributed by atoms with Crippen molar-refractivity contribution >= 4 is 15.9 Å². The highest BCUT2D eigenvalue weighted by atomic mass is 32.2. The molecule has 0 bridgehead atoms. The number of sulfonamides is 1. The molecule has 1 aromatic carbocycles. The first-order valence-electron chi connectivity index (χ1n) is 8.46. The first kappa shape index (κ1) is 18.7. The van der Waals surface area contributed by atoms with E-state index in [0.29, 0.717) is 45.4 Å². The van der Waals surface area contributed by atoms with E-state index in [9.17, 15) is 13.2 Å². The fourth-order valence-electron chi connectivity index (χ4n) is 2.70. The molecule has 1 aliphatic rings. The van der Waals surface area contributed by atoms with Crippen molar-refractivity contribution in [3.8, 4) is 5.75 Å². The molecule has 7 heteroatoms. The molecule has 1 amide bonds. The number of hydrogen-bond donors (Lipinski definition) is 1. The SMILES string of the molecule is CCS(=O)(=O)N1CCC(NC(=O)CCCOc2ccccc2)CC1. The minimum Gasteiger partial charge on any atom is -0.494 e. The lowest BCUT2D eigenvalue weighted by Crippen LogP contribution is -2.46. The molecule has 0 saturated carbocycles. The van der Waals surface area contributed by atoms with Crippen LogP contribution in [0, 0.1) is 0 Å². The van der Waals surface area contributed by atoms with E-state index in [1.807, 2.05) is 30.3 Å². The van der Waals surface area contributed by atoms with Gasteiger partial charge in [-0.1, -0.05) is 18.2 Å². The van der Waals surface area contributed by atoms with Gasteiger partial charge in [0.2, 0.25) is 15.9 Å². The Hall–Kier alpha value is -1.60. The van der Waals surface area contributed by atoms with Gasteiger partial charge in [-0.25, -0.2) is 12.7 Å². The number of ether oxygens (including phenoxy) is 1. The van der Waals surface area contributed by atoms with Crippen LogP contribution in [0.15, 0.2) is 30.3 Å². The van der Waals surface area contributed by atoms with Crippen molar-refractivity contribution in [1.29, 1.82) is 0 Å². The Morgan fingerprint density at radius 3 is 2.54 bits per heavy atom. The Kier molecular flexibility index (Phi) is 7.05. The molecule has 1 heterocycles. The molecule has 1 N–H and O–H groups in total. The maximum Gasteiger partial charge on any atom is 0.220 e. The molecule has 0 aromatic heterocycles. The third-order valence-electron chi connectivity index (χ3n) is 4.14. The Morgan fingerprint density at radius 1 is 1.25 bits per heavy atom. The maximum absolute atomic E-state index is 12.0. The molecule has 1 saturated heterocycles. The summed E-state index contributed by atoms with van der Waals surface area (Å²) in [4.78, 5) is 12.0. The summed E-state index contributed by atoms with van der Waals surface area (Å²) in [5.41, 5.74) is 0. The molecule has 6 nitrogen and oxygen atoms in total. The van der Waals surface area contributed by atoms with Crippen LogP contribution in [0.2, 0.25) is 0 Å². The van der Waals surface area contributed by atoms with Crippen molar-refractivity contribution in [3.05, 3.63) is 30.3 Å². The van der Waals surface area contributed by atoms with Crippen LogP contribution in [0.25, 0.3) is 0 Å². The van der Waals surface area contributed by atoms with E-state index in [4.69, 9.17) is 4.74 Å². The number of rotatable bonds is 8. The van der Waals surface area contributed by atoms with Gasteiger partial charge in [0.05, 0.1) is 12.4 Å². The van der Waals surface area contributed by atoms with Crippen molar-refractivity contribution in [2.75, 3.05) is 25.4 Å². The molecule has 0 unspecified atom stereocenters. The zero-order valence-electron chi connectivity index (χ0n) is 14.1. The summed E-state index contributed by atoms with van der Waals surface area (Å²) in [6, 6.07) is 9.59. The lowest BCUT2D eigenvalue weighted by atomic mass is 10.1. The predicted molar refractivity (Wildman–Crippen MR) is 93.4 cm³/mol. The number of amides is 1. The molecule has 2 rings (SSSR count). The molecule has 1 fully saturated rings. The van der Waals surface area contributed by atoms with Gasteiger partial charge in [0.15, 0.2) is 0 Å². The van der Waals surface area contributed by atoms with Crippen molar-refractivity contribution < 1.29 is 17.9 Å². The largest absolute Gasteiger partial charge is 0.494 e. The quantitative estimate of drug-likeness (QED) is 0.722. The second-order valence-corrected chi connectivity index (χ2v) is 8.16. The minimum atomic E-state index is -3.11. The van der Waals surface area contributed by atoms with Crippen LogP contribution < -0.4 is 10.1 Å². The molecular weight excluding hydrogens is 328 g/mol. The molecule has 0 spiro atoms. The Balaban J connectivity index is 1.61. The summed E-state index contributed by atoms with van der Waals surface area (Å²) < 4.78 is 30.7. The fraction of sp³-hybridized carbons (Fsp3) is 0.588. The molecule has 24 heavy (non-hydrogen) atoms. The van der Waals surface area contributed by atoms with Gasteiger partial charge in [-0.15, -0.1) is 0 Å². The van der Waals surface area contributed by atoms with E-state index in [1.54, 1.807) is 6.92 Å². The first-order valence-corrected chi connectivity index (χ1v) is 10.1. The highest BCUT2D eigenvalue weighted by molar-refractivity contribution is 7.89. The highest BCUT2D eigenvalue weighted by Crippen LogP contribution is 2.15. The van der Waals surface area contributed by atoms with Crippen LogP contribution in [-0.4, -0.2) is 50.1 Å². The number of carbonyl (C=O) groups excluding carboxylic acids is 1. The number of hydrogen-bond acceptors (Lipinski definition) is 4. The lowest BCUT2D eigenvalue weighted by Gasteiger charge is -2.31. The van der Waals surface area contributed by atoms with Crippen molar-refractivity contribution in [2.24, 2.45) is 0 Å². The van der Waals surface area contributed by atoms with Gasteiger partial charge in [-0.05, 0) is 38.3 Å². The third kappa shape index (κ3) is 5.79. The number of nitrogens with zero attached hydrogens (tertiary/aromatic N) is 1. The molecule has 0 aliphatic carbocycles. The van der Waals surface area contributed by atoms with E-state index in [2.05, 4.69) is 5.32 Å². The normalized spacial score (nSPS) is 16.7. The van der Waals surface area contributed by atoms with Crippen LogP contribution in [0.5, 0.6) is 5.75 Å². The minimum absolute atomic E-state index is 0.00320. The predicted octanol–water partition coefficient (Wildman–Crippen LogP) is 1.78. The zero-order chi connectivity index (χ0) is 17.4. The number of para-hydroxylation sites is 1. The Labute approximate surface area is 144 Å². The number of benzene rings is 1. The summed E-state index contributed by atoms with van der Waals surface area (Å²) in [6.07, 6.45) is 2.42. The van der Waals surface area contributed by atoms with E-state index in [0.717, 1.165) is 5.75 Å². The van der Waals surface area contributed by atoms with E-state index in [1.165, 1.54) is 4.31 Å². The van der Waals surface area contributed by atoms with Gasteiger partial charge in [0.25, 0.3) is 0 Å². The second-order valence-electron chi connectivity index (χ2n) is 5.91. The van der Waals surface area contributed by atoms with Crippen LogP contribution in [-0.2, 0) is 14.8 Å². The lowest BCUT2D eigenvalue weighted by molar-refractivity contribution is -0.122. The van der Waals surface area contributed by atoms with E-state index in [-0.39, 0.29) is 17.7 Å². The number of piperidine rings is 1. The number of nitrogens with one attached hydrogen (secondary N) is 1. The van der Waals surface area contributed by atoms with Gasteiger partial charge in [0, 0.05) is 25.6 Å². The standard InChI is InChI=1S/C17H26N2O4S/c1-2-24(21,22)19-12-10-15(11-13-19)18-17(20)9-6-14-23-16-7-4-3-5-8-16/h3-5,7-8,15H,2,6,9-14H2,1H3,(H,18,20). The summed E-state index contributed by atoms with van der Waals surface area (Å²) in [6.45, 7) is 3.13. The summed E-state index contributed by atoms with van der Waals surface area (Å²) in [5, 5.41) is 2.99. The Morgan fingerprint density at radius 2 is 1.92 bits per heavy atom. The molecule has 0 atom stereocenters. The van der Waals surface area contributed by atoms with Gasteiger partial charge >= 0.3 is 0 Å². The summed E-state index contributed by atoms with van der Waals surface area (Å²) >= 11 is 0. The average molecular weight is 354 g/mol. The third-order valence-corrected chi connectivity index (χ3v) is 6.02. The molecule has 134 valence electrons. The van der Waals surface area contributed by atoms with Crippen molar-refractivity contribution in [1.82, 2.24) is 9.62 Å². The van der Waals surface area contributed by atoms with Gasteiger partial charge in [0.1, 0.15) is 5.75 Å². The van der Waals surface area contributed by atoms with Crippen LogP contribution in [0.3, 0.4) is 0 Å². The van der Waals surface area contributed by atoms with Crippen LogP contribution in [0.4, 0.5) is 0 Å². The molecular formula is C17H26N2O4S. The van der Waals surface area contributed by atoms with Crippen molar-refractivity contribution in [3.63, 3.8) is 0 Å². The maximum atomic E-state index is 12.0. The first-order chi connectivity index (χ1) is 11.5. The van der Waals surface area contributed by atoms with Gasteiger partial charge in [-0.3, -0.25) is 4.79 Å². The fourth-order valence-corrected chi connectivity index (χ4v) is 3.83. The second kappa shape index (κ2) is 9.03. The van der Waals surface area contributed by atoms with E-state index >= 15 is 0 Å². The number of carbonyl (C=O) groups is 1. The smallest absolute Gasteiger partial charge is 0.220 e. The molecule has 0 radical (unpaired) electrons. The van der Waals surface area contributed by atoms with Crippen LogP contribution in [0.1, 0.15) is 32.6 Å². The topological polar surface area (TPSA) is 75.7 Å². The summed E-state index contributed by atoms with van der Waals surface area (Å²) in [5.74, 6) is 0.941. The Bertz CT molecular complexity index is 611. The zero-order valence-corrected chi connectivity index (χ0v) is 14.9. The van der Waals surface area contributed by atoms with E-state index < -0.39 is 10.0 Å². The molecule has 1 aliphatic heterocycles. The average Bonchev–Trinajstić information content (AvgIpc) is 2.60. The molecule has 1 aromatic rings. The summed E-state index contributed by atoms with van der Waals surface area (Å²) in [7, 11) is -3.11.